The zero-order valence-electron chi connectivity index (χ0n) is 17.0. The van der Waals surface area contributed by atoms with Crippen molar-refractivity contribution in [2.75, 3.05) is 25.5 Å². The largest absolute Gasteiger partial charge is 0.495 e. The molecule has 0 bridgehead atoms. The lowest BCUT2D eigenvalue weighted by Crippen LogP contribution is -2.39. The SMILES string of the molecule is COc1ccc(F)cc1S(=O)(=O)N1CCC[C@@H](c2ccc(Nc3ccccn3)cn2)C1. The minimum absolute atomic E-state index is 0.0491. The highest BCUT2D eigenvalue weighted by Crippen LogP contribution is 2.33. The van der Waals surface area contributed by atoms with Gasteiger partial charge in [-0.05, 0) is 55.3 Å². The molecule has 0 saturated carbocycles. The van der Waals surface area contributed by atoms with Crippen LogP contribution in [0.5, 0.6) is 5.75 Å². The van der Waals surface area contributed by atoms with Gasteiger partial charge in [0.1, 0.15) is 22.3 Å². The Morgan fingerprint density at radius 2 is 2.03 bits per heavy atom. The van der Waals surface area contributed by atoms with Crippen LogP contribution in [-0.2, 0) is 10.0 Å². The molecule has 0 spiro atoms. The Balaban J connectivity index is 1.51. The second-order valence-electron chi connectivity index (χ2n) is 7.31. The molecule has 1 saturated heterocycles. The van der Waals surface area contributed by atoms with Gasteiger partial charge in [-0.1, -0.05) is 6.07 Å². The van der Waals surface area contributed by atoms with Gasteiger partial charge >= 0.3 is 0 Å². The van der Waals surface area contributed by atoms with Gasteiger partial charge in [-0.3, -0.25) is 4.98 Å². The average molecular weight is 443 g/mol. The number of piperidine rings is 1. The van der Waals surface area contributed by atoms with Crippen LogP contribution in [0.2, 0.25) is 0 Å². The predicted octanol–water partition coefficient (Wildman–Crippen LogP) is 3.94. The van der Waals surface area contributed by atoms with Crippen molar-refractivity contribution in [2.45, 2.75) is 23.7 Å². The number of benzene rings is 1. The van der Waals surface area contributed by atoms with E-state index in [1.54, 1.807) is 12.4 Å². The Labute approximate surface area is 181 Å². The predicted molar refractivity (Wildman–Crippen MR) is 115 cm³/mol. The van der Waals surface area contributed by atoms with Crippen LogP contribution >= 0.6 is 0 Å². The molecule has 2 aromatic heterocycles. The molecule has 162 valence electrons. The fourth-order valence-corrected chi connectivity index (χ4v) is 5.39. The number of aromatic nitrogens is 2. The number of methoxy groups -OCH3 is 1. The highest BCUT2D eigenvalue weighted by Gasteiger charge is 2.33. The minimum atomic E-state index is -3.90. The monoisotopic (exact) mass is 442 g/mol. The van der Waals surface area contributed by atoms with Gasteiger partial charge in [-0.25, -0.2) is 17.8 Å². The molecule has 31 heavy (non-hydrogen) atoms. The molecule has 1 atom stereocenters. The molecular weight excluding hydrogens is 419 g/mol. The van der Waals surface area contributed by atoms with Crippen molar-refractivity contribution >= 4 is 21.5 Å². The summed E-state index contributed by atoms with van der Waals surface area (Å²) in [6.07, 6.45) is 4.94. The molecule has 0 radical (unpaired) electrons. The second-order valence-corrected chi connectivity index (χ2v) is 9.22. The van der Waals surface area contributed by atoms with Crippen molar-refractivity contribution in [3.05, 3.63) is 72.4 Å². The Bertz CT molecular complexity index is 1140. The Morgan fingerprint density at radius 1 is 1.16 bits per heavy atom. The number of halogens is 1. The number of nitrogens with one attached hydrogen (secondary N) is 1. The highest BCUT2D eigenvalue weighted by atomic mass is 32.2. The van der Waals surface area contributed by atoms with Gasteiger partial charge in [-0.15, -0.1) is 0 Å². The number of hydrogen-bond donors (Lipinski definition) is 1. The van der Waals surface area contributed by atoms with Gasteiger partial charge in [0.15, 0.2) is 0 Å². The van der Waals surface area contributed by atoms with Gasteiger partial charge in [0.2, 0.25) is 10.0 Å². The third kappa shape index (κ3) is 4.67. The summed E-state index contributed by atoms with van der Waals surface area (Å²) in [5.74, 6) is 0.181. The second kappa shape index (κ2) is 8.99. The fraction of sp³-hybridized carbons (Fsp3) is 0.273. The summed E-state index contributed by atoms with van der Waals surface area (Å²) in [4.78, 5) is 8.61. The lowest BCUT2D eigenvalue weighted by Gasteiger charge is -2.32. The number of rotatable bonds is 6. The van der Waals surface area contributed by atoms with Gasteiger partial charge in [-0.2, -0.15) is 4.31 Å². The van der Waals surface area contributed by atoms with Crippen molar-refractivity contribution in [2.24, 2.45) is 0 Å². The summed E-state index contributed by atoms with van der Waals surface area (Å²) in [7, 11) is -2.53. The summed E-state index contributed by atoms with van der Waals surface area (Å²) >= 11 is 0. The van der Waals surface area contributed by atoms with Crippen LogP contribution < -0.4 is 10.1 Å². The molecule has 0 amide bonds. The van der Waals surface area contributed by atoms with Gasteiger partial charge < -0.3 is 10.1 Å². The molecular formula is C22H23FN4O3S. The zero-order valence-corrected chi connectivity index (χ0v) is 17.8. The quantitative estimate of drug-likeness (QED) is 0.623. The molecule has 1 aliphatic rings. The first-order valence-corrected chi connectivity index (χ1v) is 11.4. The maximum absolute atomic E-state index is 13.8. The van der Waals surface area contributed by atoms with E-state index >= 15 is 0 Å². The van der Waals surface area contributed by atoms with E-state index in [4.69, 9.17) is 4.74 Å². The van der Waals surface area contributed by atoms with Gasteiger partial charge in [0.05, 0.1) is 19.0 Å². The maximum Gasteiger partial charge on any atom is 0.246 e. The Hall–Kier alpha value is -3.04. The third-order valence-electron chi connectivity index (χ3n) is 5.27. The maximum atomic E-state index is 13.8. The number of anilines is 2. The smallest absolute Gasteiger partial charge is 0.246 e. The normalized spacial score (nSPS) is 17.3. The van der Waals surface area contributed by atoms with E-state index in [1.807, 2.05) is 30.3 Å². The molecule has 3 aromatic rings. The lowest BCUT2D eigenvalue weighted by molar-refractivity contribution is 0.310. The van der Waals surface area contributed by atoms with Gasteiger partial charge in [0.25, 0.3) is 0 Å². The molecule has 0 unspecified atom stereocenters. The molecule has 1 N–H and O–H groups in total. The van der Waals surface area contributed by atoms with Crippen molar-refractivity contribution < 1.29 is 17.5 Å². The molecule has 0 aliphatic carbocycles. The third-order valence-corrected chi connectivity index (χ3v) is 7.16. The first-order chi connectivity index (χ1) is 15.0. The minimum Gasteiger partial charge on any atom is -0.495 e. The van der Waals surface area contributed by atoms with Crippen molar-refractivity contribution in [3.63, 3.8) is 0 Å². The molecule has 7 nitrogen and oxygen atoms in total. The average Bonchev–Trinajstić information content (AvgIpc) is 2.80. The van der Waals surface area contributed by atoms with E-state index in [0.29, 0.717) is 13.0 Å². The summed E-state index contributed by atoms with van der Waals surface area (Å²) in [6.45, 7) is 0.653. The Morgan fingerprint density at radius 3 is 2.74 bits per heavy atom. The first-order valence-electron chi connectivity index (χ1n) is 9.95. The van der Waals surface area contributed by atoms with E-state index in [-0.39, 0.29) is 23.1 Å². The van der Waals surface area contributed by atoms with Crippen molar-refractivity contribution in [1.29, 1.82) is 0 Å². The van der Waals surface area contributed by atoms with E-state index in [9.17, 15) is 12.8 Å². The summed E-state index contributed by atoms with van der Waals surface area (Å²) in [6, 6.07) is 12.9. The summed E-state index contributed by atoms with van der Waals surface area (Å²) < 4.78 is 46.7. The standard InChI is InChI=1S/C22H23FN4O3S/c1-30-20-10-7-17(23)13-21(20)31(28,29)27-12-4-5-16(15-27)19-9-8-18(14-25-19)26-22-6-2-3-11-24-22/h2-3,6-11,13-14,16H,4-5,12,15H2,1H3,(H,24,26)/t16-/m1/s1. The first kappa shape index (κ1) is 21.2. The van der Waals surface area contributed by atoms with Crippen LogP contribution in [0.1, 0.15) is 24.5 Å². The van der Waals surface area contributed by atoms with Crippen LogP contribution in [0.15, 0.2) is 65.8 Å². The van der Waals surface area contributed by atoms with E-state index < -0.39 is 15.8 Å². The molecule has 9 heteroatoms. The summed E-state index contributed by atoms with van der Waals surface area (Å²) in [5.41, 5.74) is 1.62. The number of ether oxygens (including phenoxy) is 1. The van der Waals surface area contributed by atoms with Gasteiger partial charge in [0, 0.05) is 30.9 Å². The van der Waals surface area contributed by atoms with Crippen LogP contribution in [0.4, 0.5) is 15.9 Å². The molecule has 3 heterocycles. The highest BCUT2D eigenvalue weighted by molar-refractivity contribution is 7.89. The lowest BCUT2D eigenvalue weighted by atomic mass is 9.95. The molecule has 4 rings (SSSR count). The molecule has 1 aromatic carbocycles. The number of nitrogens with zero attached hydrogens (tertiary/aromatic N) is 3. The molecule has 1 fully saturated rings. The van der Waals surface area contributed by atoms with Crippen LogP contribution in [-0.4, -0.2) is 42.9 Å². The molecule has 1 aliphatic heterocycles. The fourth-order valence-electron chi connectivity index (χ4n) is 3.70. The van der Waals surface area contributed by atoms with E-state index in [0.717, 1.165) is 29.7 Å². The van der Waals surface area contributed by atoms with Crippen LogP contribution in [0, 0.1) is 5.82 Å². The number of pyridine rings is 2. The number of sulfonamides is 1. The Kier molecular flexibility index (Phi) is 6.15. The van der Waals surface area contributed by atoms with Crippen molar-refractivity contribution in [1.82, 2.24) is 14.3 Å². The van der Waals surface area contributed by atoms with Crippen LogP contribution in [0.3, 0.4) is 0 Å². The number of hydrogen-bond acceptors (Lipinski definition) is 6. The topological polar surface area (TPSA) is 84.4 Å². The van der Waals surface area contributed by atoms with Crippen LogP contribution in [0.25, 0.3) is 0 Å². The zero-order chi connectivity index (χ0) is 21.8. The van der Waals surface area contributed by atoms with E-state index in [2.05, 4.69) is 15.3 Å². The summed E-state index contributed by atoms with van der Waals surface area (Å²) in [5, 5.41) is 3.18. The van der Waals surface area contributed by atoms with E-state index in [1.165, 1.54) is 23.5 Å². The van der Waals surface area contributed by atoms with Crippen molar-refractivity contribution in [3.8, 4) is 5.75 Å².